The lowest BCUT2D eigenvalue weighted by molar-refractivity contribution is 0.306. The monoisotopic (exact) mass is 233 g/mol. The smallest absolute Gasteiger partial charge is 0.119 e. The predicted molar refractivity (Wildman–Crippen MR) is 66.6 cm³/mol. The second-order valence-electron chi connectivity index (χ2n) is 3.49. The maximum atomic E-state index is 5.88. The van der Waals surface area contributed by atoms with Crippen LogP contribution in [0.3, 0.4) is 0 Å². The van der Waals surface area contributed by atoms with Crippen molar-refractivity contribution in [1.82, 2.24) is 0 Å². The number of nitrogen functional groups attached to an aromatic ring is 1. The highest BCUT2D eigenvalue weighted by molar-refractivity contribution is 6.30. The standard InChI is InChI=1S/C13H12ClNO/c14-11-3-1-2-10(8-11)9-16-13-6-4-12(15)5-7-13/h1-8H,9,15H2. The summed E-state index contributed by atoms with van der Waals surface area (Å²) in [5.74, 6) is 0.800. The minimum atomic E-state index is 0.504. The molecule has 0 fully saturated rings. The Morgan fingerprint density at radius 3 is 2.50 bits per heavy atom. The molecular formula is C13H12ClNO. The first-order chi connectivity index (χ1) is 7.74. The second-order valence-corrected chi connectivity index (χ2v) is 3.92. The van der Waals surface area contributed by atoms with Crippen molar-refractivity contribution in [1.29, 1.82) is 0 Å². The molecule has 0 aliphatic heterocycles. The molecule has 3 heteroatoms. The van der Waals surface area contributed by atoms with Crippen LogP contribution in [0, 0.1) is 0 Å². The minimum absolute atomic E-state index is 0.504. The lowest BCUT2D eigenvalue weighted by Gasteiger charge is -2.06. The Labute approximate surface area is 99.6 Å². The third-order valence-electron chi connectivity index (χ3n) is 2.17. The molecule has 0 spiro atoms. The molecular weight excluding hydrogens is 222 g/mol. The number of nitrogens with two attached hydrogens (primary N) is 1. The number of anilines is 1. The van der Waals surface area contributed by atoms with Gasteiger partial charge in [-0.3, -0.25) is 0 Å². The van der Waals surface area contributed by atoms with Gasteiger partial charge in [0.15, 0.2) is 0 Å². The van der Waals surface area contributed by atoms with Crippen LogP contribution in [0.4, 0.5) is 5.69 Å². The molecule has 2 N–H and O–H groups in total. The fourth-order valence-corrected chi connectivity index (χ4v) is 1.57. The Bertz CT molecular complexity index is 468. The zero-order valence-corrected chi connectivity index (χ0v) is 9.45. The number of hydrogen-bond donors (Lipinski definition) is 1. The van der Waals surface area contributed by atoms with E-state index >= 15 is 0 Å². The van der Waals surface area contributed by atoms with Crippen LogP contribution < -0.4 is 10.5 Å². The van der Waals surface area contributed by atoms with Gasteiger partial charge >= 0.3 is 0 Å². The maximum Gasteiger partial charge on any atom is 0.119 e. The van der Waals surface area contributed by atoms with Gasteiger partial charge in [0.05, 0.1) is 0 Å². The molecule has 16 heavy (non-hydrogen) atoms. The fourth-order valence-electron chi connectivity index (χ4n) is 1.36. The van der Waals surface area contributed by atoms with Crippen LogP contribution in [0.1, 0.15) is 5.56 Å². The van der Waals surface area contributed by atoms with Crippen LogP contribution in [0.2, 0.25) is 5.02 Å². The van der Waals surface area contributed by atoms with Crippen molar-refractivity contribution in [2.45, 2.75) is 6.61 Å². The van der Waals surface area contributed by atoms with E-state index in [1.165, 1.54) is 0 Å². The van der Waals surface area contributed by atoms with Crippen molar-refractivity contribution in [2.24, 2.45) is 0 Å². The van der Waals surface area contributed by atoms with Crippen LogP contribution in [-0.4, -0.2) is 0 Å². The number of hydrogen-bond acceptors (Lipinski definition) is 2. The molecule has 0 aliphatic rings. The summed E-state index contributed by atoms with van der Waals surface area (Å²) < 4.78 is 5.59. The second kappa shape index (κ2) is 4.90. The normalized spacial score (nSPS) is 10.1. The fraction of sp³-hybridized carbons (Fsp3) is 0.0769. The van der Waals surface area contributed by atoms with E-state index in [4.69, 9.17) is 22.1 Å². The maximum absolute atomic E-state index is 5.88. The molecule has 2 aromatic carbocycles. The third kappa shape index (κ3) is 2.91. The van der Waals surface area contributed by atoms with Gasteiger partial charge < -0.3 is 10.5 Å². The zero-order valence-electron chi connectivity index (χ0n) is 8.69. The highest BCUT2D eigenvalue weighted by Gasteiger charge is 1.96. The van der Waals surface area contributed by atoms with E-state index in [9.17, 15) is 0 Å². The number of benzene rings is 2. The van der Waals surface area contributed by atoms with Gasteiger partial charge in [0.1, 0.15) is 12.4 Å². The summed E-state index contributed by atoms with van der Waals surface area (Å²) in [6, 6.07) is 14.9. The summed E-state index contributed by atoms with van der Waals surface area (Å²) in [6.45, 7) is 0.504. The van der Waals surface area contributed by atoms with E-state index in [0.717, 1.165) is 22.0 Å². The summed E-state index contributed by atoms with van der Waals surface area (Å²) in [5, 5.41) is 0.721. The first kappa shape index (κ1) is 10.8. The Morgan fingerprint density at radius 2 is 1.81 bits per heavy atom. The molecule has 0 heterocycles. The summed E-state index contributed by atoms with van der Waals surface area (Å²) in [7, 11) is 0. The Hall–Kier alpha value is -1.67. The van der Waals surface area contributed by atoms with Crippen LogP contribution in [0.25, 0.3) is 0 Å². The summed E-state index contributed by atoms with van der Waals surface area (Å²) >= 11 is 5.88. The van der Waals surface area contributed by atoms with E-state index in [1.807, 2.05) is 48.5 Å². The Balaban J connectivity index is 1.99. The van der Waals surface area contributed by atoms with Gasteiger partial charge in [-0.2, -0.15) is 0 Å². The van der Waals surface area contributed by atoms with Gasteiger partial charge in [0.2, 0.25) is 0 Å². The average molecular weight is 234 g/mol. The van der Waals surface area contributed by atoms with Gasteiger partial charge in [0, 0.05) is 10.7 Å². The Kier molecular flexibility index (Phi) is 3.32. The van der Waals surface area contributed by atoms with E-state index in [0.29, 0.717) is 6.61 Å². The van der Waals surface area contributed by atoms with Gasteiger partial charge in [-0.15, -0.1) is 0 Å². The molecule has 0 radical (unpaired) electrons. The van der Waals surface area contributed by atoms with Crippen molar-refractivity contribution in [3.63, 3.8) is 0 Å². The SMILES string of the molecule is Nc1ccc(OCc2cccc(Cl)c2)cc1. The van der Waals surface area contributed by atoms with Crippen LogP contribution in [0.5, 0.6) is 5.75 Å². The summed E-state index contributed by atoms with van der Waals surface area (Å²) in [5.41, 5.74) is 7.36. The molecule has 0 atom stereocenters. The average Bonchev–Trinajstić information content (AvgIpc) is 2.28. The zero-order chi connectivity index (χ0) is 11.4. The lowest BCUT2D eigenvalue weighted by atomic mass is 10.2. The number of ether oxygens (including phenoxy) is 1. The van der Waals surface area contributed by atoms with Gasteiger partial charge in [-0.25, -0.2) is 0 Å². The molecule has 2 aromatic rings. The molecule has 0 aliphatic carbocycles. The van der Waals surface area contributed by atoms with Crippen molar-refractivity contribution >= 4 is 17.3 Å². The molecule has 0 amide bonds. The molecule has 0 saturated carbocycles. The predicted octanol–water partition coefficient (Wildman–Crippen LogP) is 3.50. The quantitative estimate of drug-likeness (QED) is 0.824. The number of rotatable bonds is 3. The van der Waals surface area contributed by atoms with Crippen LogP contribution in [0.15, 0.2) is 48.5 Å². The van der Waals surface area contributed by atoms with E-state index in [1.54, 1.807) is 0 Å². The van der Waals surface area contributed by atoms with Crippen molar-refractivity contribution in [2.75, 3.05) is 5.73 Å². The number of halogens is 1. The van der Waals surface area contributed by atoms with Crippen molar-refractivity contribution in [3.8, 4) is 5.75 Å². The Morgan fingerprint density at radius 1 is 1.06 bits per heavy atom. The van der Waals surface area contributed by atoms with Crippen molar-refractivity contribution in [3.05, 3.63) is 59.1 Å². The van der Waals surface area contributed by atoms with Crippen molar-refractivity contribution < 1.29 is 4.74 Å². The minimum Gasteiger partial charge on any atom is -0.489 e. The highest BCUT2D eigenvalue weighted by atomic mass is 35.5. The van der Waals surface area contributed by atoms with Gasteiger partial charge in [-0.1, -0.05) is 23.7 Å². The third-order valence-corrected chi connectivity index (χ3v) is 2.41. The van der Waals surface area contributed by atoms with Crippen LogP contribution in [-0.2, 0) is 6.61 Å². The first-order valence-corrected chi connectivity index (χ1v) is 5.34. The largest absolute Gasteiger partial charge is 0.489 e. The molecule has 0 saturated heterocycles. The van der Waals surface area contributed by atoms with Gasteiger partial charge in [-0.05, 0) is 42.0 Å². The molecule has 0 unspecified atom stereocenters. The summed E-state index contributed by atoms with van der Waals surface area (Å²) in [4.78, 5) is 0. The van der Waals surface area contributed by atoms with Crippen LogP contribution >= 0.6 is 11.6 Å². The first-order valence-electron chi connectivity index (χ1n) is 4.97. The summed E-state index contributed by atoms with van der Waals surface area (Å²) in [6.07, 6.45) is 0. The molecule has 2 nitrogen and oxygen atoms in total. The lowest BCUT2D eigenvalue weighted by Crippen LogP contribution is -1.95. The molecule has 82 valence electrons. The van der Waals surface area contributed by atoms with E-state index in [-0.39, 0.29) is 0 Å². The van der Waals surface area contributed by atoms with Gasteiger partial charge in [0.25, 0.3) is 0 Å². The highest BCUT2D eigenvalue weighted by Crippen LogP contribution is 2.16. The van der Waals surface area contributed by atoms with E-state index < -0.39 is 0 Å². The molecule has 0 aromatic heterocycles. The molecule has 0 bridgehead atoms. The van der Waals surface area contributed by atoms with E-state index in [2.05, 4.69) is 0 Å². The molecule has 2 rings (SSSR count). The topological polar surface area (TPSA) is 35.2 Å².